The number of alkyl halides is 1. The lowest BCUT2D eigenvalue weighted by molar-refractivity contribution is -0.225. The summed E-state index contributed by atoms with van der Waals surface area (Å²) in [5, 5.41) is 24.2. The van der Waals surface area contributed by atoms with E-state index >= 15 is 4.39 Å². The van der Waals surface area contributed by atoms with E-state index in [1.165, 1.54) is 11.8 Å². The van der Waals surface area contributed by atoms with Crippen molar-refractivity contribution in [3.8, 4) is 0 Å². The molecule has 3 saturated carbocycles. The molecule has 35 heavy (non-hydrogen) atoms. The minimum Gasteiger partial charge on any atom is -0.390 e. The Morgan fingerprint density at radius 3 is 2.63 bits per heavy atom. The summed E-state index contributed by atoms with van der Waals surface area (Å²) in [7, 11) is 0. The van der Waals surface area contributed by atoms with Crippen LogP contribution in [0.1, 0.15) is 58.8 Å². The highest BCUT2D eigenvalue weighted by Crippen LogP contribution is 2.70. The summed E-state index contributed by atoms with van der Waals surface area (Å²) in [5.41, 5.74) is -4.57. The van der Waals surface area contributed by atoms with E-state index in [9.17, 15) is 19.8 Å². The molecule has 4 nitrogen and oxygen atoms in total. The molecular formula is C27H31Cl2FO4S. The van der Waals surface area contributed by atoms with E-state index in [0.717, 1.165) is 5.57 Å². The molecule has 0 radical (unpaired) electrons. The van der Waals surface area contributed by atoms with Gasteiger partial charge in [0.05, 0.1) is 16.9 Å². The van der Waals surface area contributed by atoms with Gasteiger partial charge in [-0.25, -0.2) is 4.39 Å². The summed E-state index contributed by atoms with van der Waals surface area (Å²) in [4.78, 5) is 26.2. The van der Waals surface area contributed by atoms with Crippen LogP contribution in [0.15, 0.2) is 34.7 Å². The number of hydrogen-bond acceptors (Lipinski definition) is 5. The molecule has 4 aliphatic rings. The fraction of sp³-hybridized carbons (Fsp3) is 0.630. The third kappa shape index (κ3) is 3.53. The molecule has 3 fully saturated rings. The smallest absolute Gasteiger partial charge is 0.175 e. The van der Waals surface area contributed by atoms with Gasteiger partial charge in [0.1, 0.15) is 11.3 Å². The van der Waals surface area contributed by atoms with Crippen molar-refractivity contribution in [2.24, 2.45) is 22.7 Å². The molecule has 0 aliphatic heterocycles. The molecule has 1 aromatic rings. The first kappa shape index (κ1) is 25.7. The van der Waals surface area contributed by atoms with Gasteiger partial charge in [-0.3, -0.25) is 9.59 Å². The number of allylic oxidation sites excluding steroid dienone is 1. The topological polar surface area (TPSA) is 74.6 Å². The minimum absolute atomic E-state index is 0.0100. The Morgan fingerprint density at radius 2 is 1.91 bits per heavy atom. The van der Waals surface area contributed by atoms with E-state index in [4.69, 9.17) is 23.2 Å². The maximum atomic E-state index is 17.2. The summed E-state index contributed by atoms with van der Waals surface area (Å²) in [6, 6.07) is 5.06. The molecule has 5 rings (SSSR count). The summed E-state index contributed by atoms with van der Waals surface area (Å²) < 4.78 is 17.2. The third-order valence-electron chi connectivity index (χ3n) is 9.91. The van der Waals surface area contributed by atoms with Gasteiger partial charge in [0, 0.05) is 33.1 Å². The lowest BCUT2D eigenvalue weighted by Gasteiger charge is -2.63. The predicted octanol–water partition coefficient (Wildman–Crippen LogP) is 5.98. The van der Waals surface area contributed by atoms with Crippen LogP contribution in [0, 0.1) is 22.7 Å². The van der Waals surface area contributed by atoms with Crippen molar-refractivity contribution in [1.82, 2.24) is 0 Å². The van der Waals surface area contributed by atoms with E-state index < -0.39 is 34.1 Å². The Kier molecular flexibility index (Phi) is 6.29. The first-order valence-corrected chi connectivity index (χ1v) is 14.1. The number of ketones is 2. The fourth-order valence-electron chi connectivity index (χ4n) is 7.89. The average Bonchev–Trinajstić information content (AvgIpc) is 3.06. The van der Waals surface area contributed by atoms with Crippen molar-refractivity contribution in [2.75, 3.05) is 5.75 Å². The number of carbonyl (C=O) groups is 2. The Balaban J connectivity index is 1.43. The van der Waals surface area contributed by atoms with Crippen LogP contribution < -0.4 is 0 Å². The maximum Gasteiger partial charge on any atom is 0.175 e. The highest BCUT2D eigenvalue weighted by molar-refractivity contribution is 8.00. The molecule has 0 bridgehead atoms. The number of aliphatic hydroxyl groups is 2. The van der Waals surface area contributed by atoms with Crippen molar-refractivity contribution in [1.29, 1.82) is 0 Å². The Morgan fingerprint density at radius 1 is 1.17 bits per heavy atom. The summed E-state index contributed by atoms with van der Waals surface area (Å²) in [6.07, 6.45) is 2.82. The van der Waals surface area contributed by atoms with Gasteiger partial charge in [0.15, 0.2) is 11.6 Å². The predicted molar refractivity (Wildman–Crippen MR) is 136 cm³/mol. The zero-order valence-corrected chi connectivity index (χ0v) is 22.3. The first-order chi connectivity index (χ1) is 16.4. The van der Waals surface area contributed by atoms with Gasteiger partial charge in [0.2, 0.25) is 0 Å². The van der Waals surface area contributed by atoms with Crippen LogP contribution in [0.25, 0.3) is 0 Å². The molecule has 0 amide bonds. The number of benzene rings is 1. The fourth-order valence-corrected chi connectivity index (χ4v) is 9.35. The van der Waals surface area contributed by atoms with Crippen molar-refractivity contribution in [2.45, 2.75) is 81.1 Å². The Hall–Kier alpha value is -0.920. The van der Waals surface area contributed by atoms with E-state index in [-0.39, 0.29) is 42.5 Å². The van der Waals surface area contributed by atoms with Crippen LogP contribution in [0.2, 0.25) is 10.0 Å². The second-order valence-corrected chi connectivity index (χ2v) is 13.2. The second-order valence-electron chi connectivity index (χ2n) is 11.3. The standard InChI is InChI=1S/C27H31Cl2FO4S/c1-24-9-7-17(31)11-15(24)3-5-19-18-8-10-26(34,25(18,2)13-22(32)27(19,24)30)23(33)14-35-21-6-4-16(28)12-20(21)29/h4,6,11-12,18-19,22,32,34H,3,5,7-10,13-14H2,1-2H3/t18?,19?,22-,24?,25?,26-,27-/m0/s1. The van der Waals surface area contributed by atoms with E-state index in [1.807, 2.05) is 13.8 Å². The van der Waals surface area contributed by atoms with Crippen LogP contribution >= 0.6 is 35.0 Å². The lowest BCUT2D eigenvalue weighted by atomic mass is 9.44. The summed E-state index contributed by atoms with van der Waals surface area (Å²) in [5.74, 6) is -0.984. The molecule has 190 valence electrons. The normalized spacial score (nSPS) is 42.7. The Bertz CT molecular complexity index is 1130. The van der Waals surface area contributed by atoms with E-state index in [0.29, 0.717) is 40.6 Å². The highest BCUT2D eigenvalue weighted by Gasteiger charge is 2.74. The van der Waals surface area contributed by atoms with Gasteiger partial charge >= 0.3 is 0 Å². The van der Waals surface area contributed by atoms with Crippen LogP contribution in [0.5, 0.6) is 0 Å². The number of thioether (sulfide) groups is 1. The number of fused-ring (bicyclic) bond motifs is 5. The van der Waals surface area contributed by atoms with Gasteiger partial charge in [-0.2, -0.15) is 0 Å². The van der Waals surface area contributed by atoms with Gasteiger partial charge in [-0.1, -0.05) is 42.6 Å². The molecule has 0 spiro atoms. The summed E-state index contributed by atoms with van der Waals surface area (Å²) in [6.45, 7) is 3.70. The van der Waals surface area contributed by atoms with Crippen molar-refractivity contribution < 1.29 is 24.2 Å². The van der Waals surface area contributed by atoms with Crippen molar-refractivity contribution >= 4 is 46.5 Å². The van der Waals surface area contributed by atoms with Gasteiger partial charge in [0.25, 0.3) is 0 Å². The number of carbonyl (C=O) groups excluding carboxylic acids is 2. The quantitative estimate of drug-likeness (QED) is 0.459. The zero-order chi connectivity index (χ0) is 25.4. The average molecular weight is 542 g/mol. The number of hydrogen-bond donors (Lipinski definition) is 2. The minimum atomic E-state index is -1.89. The number of rotatable bonds is 4. The first-order valence-electron chi connectivity index (χ1n) is 12.3. The van der Waals surface area contributed by atoms with E-state index in [2.05, 4.69) is 0 Å². The molecule has 8 heteroatoms. The zero-order valence-electron chi connectivity index (χ0n) is 20.0. The largest absolute Gasteiger partial charge is 0.390 e. The van der Waals surface area contributed by atoms with Crippen LogP contribution in [0.3, 0.4) is 0 Å². The molecule has 0 heterocycles. The van der Waals surface area contributed by atoms with Crippen molar-refractivity contribution in [3.63, 3.8) is 0 Å². The molecule has 1 aromatic carbocycles. The van der Waals surface area contributed by atoms with Gasteiger partial charge in [-0.05, 0) is 68.7 Å². The molecule has 4 aliphatic carbocycles. The van der Waals surface area contributed by atoms with Gasteiger partial charge in [-0.15, -0.1) is 11.8 Å². The molecule has 4 unspecified atom stereocenters. The lowest BCUT2D eigenvalue weighted by Crippen LogP contribution is -2.69. The number of Topliss-reactive ketones (excluding diaryl/α,β-unsaturated/α-hetero) is 1. The maximum absolute atomic E-state index is 17.2. The van der Waals surface area contributed by atoms with Crippen LogP contribution in [0.4, 0.5) is 4.39 Å². The molecular weight excluding hydrogens is 510 g/mol. The summed E-state index contributed by atoms with van der Waals surface area (Å²) >= 11 is 13.5. The van der Waals surface area contributed by atoms with Crippen LogP contribution in [-0.2, 0) is 9.59 Å². The molecule has 7 atom stereocenters. The second kappa shape index (κ2) is 8.56. The number of halogens is 3. The SMILES string of the molecule is CC12C[C@H](O)[C@@]3(F)C(CCC4=CC(=O)CCC43C)C1CC[C@]2(O)C(=O)CSc1ccc(Cl)cc1Cl. The van der Waals surface area contributed by atoms with Crippen LogP contribution in [-0.4, -0.2) is 44.9 Å². The number of aliphatic hydroxyl groups excluding tert-OH is 1. The monoisotopic (exact) mass is 540 g/mol. The third-order valence-corrected chi connectivity index (χ3v) is 11.6. The molecule has 0 saturated heterocycles. The van der Waals surface area contributed by atoms with E-state index in [1.54, 1.807) is 24.3 Å². The highest BCUT2D eigenvalue weighted by atomic mass is 35.5. The molecule has 2 N–H and O–H groups in total. The molecule has 0 aromatic heterocycles. The van der Waals surface area contributed by atoms with Gasteiger partial charge < -0.3 is 10.2 Å². The Labute approximate surface area is 219 Å². The van der Waals surface area contributed by atoms with Crippen molar-refractivity contribution in [3.05, 3.63) is 39.9 Å².